The normalized spacial score (nSPS) is 16.1. The van der Waals surface area contributed by atoms with Gasteiger partial charge in [-0.25, -0.2) is 14.4 Å². The van der Waals surface area contributed by atoms with Gasteiger partial charge < -0.3 is 10.5 Å². The van der Waals surface area contributed by atoms with E-state index in [0.29, 0.717) is 23.3 Å². The van der Waals surface area contributed by atoms with Gasteiger partial charge in [-0.05, 0) is 37.1 Å². The fourth-order valence-corrected chi connectivity index (χ4v) is 4.95. The van der Waals surface area contributed by atoms with Crippen molar-refractivity contribution >= 4 is 39.1 Å². The number of rotatable bonds is 3. The first kappa shape index (κ1) is 16.8. The summed E-state index contributed by atoms with van der Waals surface area (Å²) in [7, 11) is 0. The first-order chi connectivity index (χ1) is 11.9. The molecule has 130 valence electrons. The largest absolute Gasteiger partial charge is 0.383 e. The van der Waals surface area contributed by atoms with E-state index in [4.69, 9.17) is 10.5 Å². The molecule has 4 nitrogen and oxygen atoms in total. The van der Waals surface area contributed by atoms with Crippen molar-refractivity contribution in [3.63, 3.8) is 0 Å². The molecule has 1 aromatic carbocycles. The predicted octanol–water partition coefficient (Wildman–Crippen LogP) is 4.56. The number of nitrogens with zero attached hydrogens (tertiary/aromatic N) is 2. The lowest BCUT2D eigenvalue weighted by molar-refractivity contribution is -0.0379. The molecule has 2 aromatic heterocycles. The van der Waals surface area contributed by atoms with Gasteiger partial charge in [0.25, 0.3) is 0 Å². The SMILES string of the molecule is CC1(C)Cc2c(sc3nc(SCc4cccc(F)c4)nc(N)c23)CO1. The first-order valence-electron chi connectivity index (χ1n) is 8.00. The second-order valence-electron chi connectivity index (χ2n) is 6.72. The Bertz CT molecular complexity index is 955. The summed E-state index contributed by atoms with van der Waals surface area (Å²) in [5, 5.41) is 1.58. The van der Waals surface area contributed by atoms with E-state index in [1.54, 1.807) is 17.4 Å². The fourth-order valence-electron chi connectivity index (χ4n) is 2.99. The molecule has 2 N–H and O–H groups in total. The van der Waals surface area contributed by atoms with Crippen molar-refractivity contribution < 1.29 is 9.13 Å². The summed E-state index contributed by atoms with van der Waals surface area (Å²) >= 11 is 3.09. The maximum absolute atomic E-state index is 13.3. The zero-order valence-corrected chi connectivity index (χ0v) is 15.6. The Balaban J connectivity index is 1.64. The van der Waals surface area contributed by atoms with Gasteiger partial charge in [0.05, 0.1) is 17.6 Å². The zero-order chi connectivity index (χ0) is 17.6. The average molecular weight is 375 g/mol. The second kappa shape index (κ2) is 6.23. The Morgan fingerprint density at radius 3 is 3.00 bits per heavy atom. The molecule has 4 rings (SSSR count). The van der Waals surface area contributed by atoms with Gasteiger partial charge in [-0.1, -0.05) is 23.9 Å². The van der Waals surface area contributed by atoms with Crippen LogP contribution in [0.3, 0.4) is 0 Å². The molecule has 0 atom stereocenters. The van der Waals surface area contributed by atoms with Gasteiger partial charge in [-0.15, -0.1) is 11.3 Å². The number of aromatic nitrogens is 2. The quantitative estimate of drug-likeness (QED) is 0.537. The van der Waals surface area contributed by atoms with Crippen LogP contribution in [-0.4, -0.2) is 15.6 Å². The van der Waals surface area contributed by atoms with E-state index in [1.165, 1.54) is 34.3 Å². The standard InChI is InChI=1S/C18H18FN3OS2/c1-18(2)7-12-13(8-23-18)25-16-14(12)15(20)21-17(22-16)24-9-10-4-3-5-11(19)6-10/h3-6H,7-9H2,1-2H3,(H2,20,21,22). The summed E-state index contributed by atoms with van der Waals surface area (Å²) in [5.74, 6) is 0.883. The second-order valence-corrected chi connectivity index (χ2v) is 8.75. The highest BCUT2D eigenvalue weighted by Gasteiger charge is 2.30. The van der Waals surface area contributed by atoms with Crippen molar-refractivity contribution in [2.45, 2.75) is 43.4 Å². The Morgan fingerprint density at radius 1 is 1.36 bits per heavy atom. The van der Waals surface area contributed by atoms with Crippen LogP contribution in [0.5, 0.6) is 0 Å². The van der Waals surface area contributed by atoms with Gasteiger partial charge in [0.15, 0.2) is 5.16 Å². The monoisotopic (exact) mass is 375 g/mol. The number of fused-ring (bicyclic) bond motifs is 3. The van der Waals surface area contributed by atoms with Crippen LogP contribution in [0.15, 0.2) is 29.4 Å². The fraction of sp³-hybridized carbons (Fsp3) is 0.333. The highest BCUT2D eigenvalue weighted by molar-refractivity contribution is 7.98. The number of ether oxygens (including phenoxy) is 1. The van der Waals surface area contributed by atoms with Crippen LogP contribution in [0.25, 0.3) is 10.2 Å². The number of nitrogens with two attached hydrogens (primary N) is 1. The minimum absolute atomic E-state index is 0.196. The van der Waals surface area contributed by atoms with Crippen LogP contribution >= 0.6 is 23.1 Å². The molecule has 3 aromatic rings. The molecule has 0 amide bonds. The van der Waals surface area contributed by atoms with E-state index in [0.717, 1.165) is 22.2 Å². The summed E-state index contributed by atoms with van der Waals surface area (Å²) in [6, 6.07) is 6.56. The van der Waals surface area contributed by atoms with E-state index in [1.807, 2.05) is 6.07 Å². The molecule has 0 bridgehead atoms. The van der Waals surface area contributed by atoms with Gasteiger partial charge in [-0.2, -0.15) is 0 Å². The summed E-state index contributed by atoms with van der Waals surface area (Å²) in [6.45, 7) is 4.76. The van der Waals surface area contributed by atoms with Crippen LogP contribution in [-0.2, 0) is 23.5 Å². The molecular weight excluding hydrogens is 357 g/mol. The van der Waals surface area contributed by atoms with E-state index in [-0.39, 0.29) is 11.4 Å². The number of halogens is 1. The number of benzene rings is 1. The molecule has 0 fully saturated rings. The number of anilines is 1. The summed E-state index contributed by atoms with van der Waals surface area (Å²) in [5.41, 5.74) is 8.17. The lowest BCUT2D eigenvalue weighted by Gasteiger charge is -2.30. The molecule has 0 radical (unpaired) electrons. The molecule has 0 saturated heterocycles. The molecule has 0 aliphatic carbocycles. The minimum Gasteiger partial charge on any atom is -0.383 e. The Kier molecular flexibility index (Phi) is 4.17. The van der Waals surface area contributed by atoms with Gasteiger partial charge in [-0.3, -0.25) is 0 Å². The topological polar surface area (TPSA) is 61.0 Å². The lowest BCUT2D eigenvalue weighted by Crippen LogP contribution is -2.31. The third-order valence-electron chi connectivity index (χ3n) is 4.19. The lowest BCUT2D eigenvalue weighted by atomic mass is 9.94. The summed E-state index contributed by atoms with van der Waals surface area (Å²) < 4.78 is 19.2. The number of thiophene rings is 1. The summed E-state index contributed by atoms with van der Waals surface area (Å²) in [4.78, 5) is 11.2. The van der Waals surface area contributed by atoms with Crippen molar-refractivity contribution in [1.29, 1.82) is 0 Å². The molecule has 25 heavy (non-hydrogen) atoms. The van der Waals surface area contributed by atoms with Crippen molar-refractivity contribution in [3.05, 3.63) is 46.1 Å². The highest BCUT2D eigenvalue weighted by atomic mass is 32.2. The maximum Gasteiger partial charge on any atom is 0.191 e. The molecule has 0 unspecified atom stereocenters. The first-order valence-corrected chi connectivity index (χ1v) is 9.80. The van der Waals surface area contributed by atoms with Crippen molar-refractivity contribution in [3.8, 4) is 0 Å². The van der Waals surface area contributed by atoms with E-state index >= 15 is 0 Å². The van der Waals surface area contributed by atoms with Crippen LogP contribution in [0.1, 0.15) is 29.9 Å². The van der Waals surface area contributed by atoms with E-state index < -0.39 is 0 Å². The van der Waals surface area contributed by atoms with Crippen LogP contribution in [0.4, 0.5) is 10.2 Å². The van der Waals surface area contributed by atoms with Crippen molar-refractivity contribution in [1.82, 2.24) is 9.97 Å². The maximum atomic E-state index is 13.3. The van der Waals surface area contributed by atoms with Gasteiger partial charge >= 0.3 is 0 Å². The molecule has 7 heteroatoms. The molecule has 0 spiro atoms. The average Bonchev–Trinajstić information content (AvgIpc) is 2.90. The Hall–Kier alpha value is -1.70. The molecule has 1 aliphatic rings. The van der Waals surface area contributed by atoms with Crippen LogP contribution in [0.2, 0.25) is 0 Å². The Labute approximate surface area is 153 Å². The molecule has 1 aliphatic heterocycles. The van der Waals surface area contributed by atoms with Crippen molar-refractivity contribution in [2.75, 3.05) is 5.73 Å². The number of nitrogen functional groups attached to an aromatic ring is 1. The molecular formula is C18H18FN3OS2. The number of hydrogen-bond acceptors (Lipinski definition) is 6. The number of thioether (sulfide) groups is 1. The van der Waals surface area contributed by atoms with Crippen molar-refractivity contribution in [2.24, 2.45) is 0 Å². The summed E-state index contributed by atoms with van der Waals surface area (Å²) in [6.07, 6.45) is 0.811. The predicted molar refractivity (Wildman–Crippen MR) is 100 cm³/mol. The molecule has 0 saturated carbocycles. The zero-order valence-electron chi connectivity index (χ0n) is 14.0. The van der Waals surface area contributed by atoms with Gasteiger partial charge in [0, 0.05) is 17.1 Å². The van der Waals surface area contributed by atoms with Crippen LogP contribution in [0, 0.1) is 5.82 Å². The third-order valence-corrected chi connectivity index (χ3v) is 6.21. The van der Waals surface area contributed by atoms with Gasteiger partial charge in [0.2, 0.25) is 0 Å². The third kappa shape index (κ3) is 3.36. The highest BCUT2D eigenvalue weighted by Crippen LogP contribution is 2.40. The van der Waals surface area contributed by atoms with Gasteiger partial charge in [0.1, 0.15) is 16.5 Å². The minimum atomic E-state index is -0.234. The number of hydrogen-bond donors (Lipinski definition) is 1. The molecule has 3 heterocycles. The van der Waals surface area contributed by atoms with E-state index in [9.17, 15) is 4.39 Å². The van der Waals surface area contributed by atoms with Crippen LogP contribution < -0.4 is 5.73 Å². The van der Waals surface area contributed by atoms with E-state index in [2.05, 4.69) is 23.8 Å². The Morgan fingerprint density at radius 2 is 2.20 bits per heavy atom. The smallest absolute Gasteiger partial charge is 0.191 e.